The Morgan fingerprint density at radius 1 is 1.45 bits per heavy atom. The Hall–Kier alpha value is -1.55. The maximum Gasteiger partial charge on any atom is 0.222 e. The van der Waals surface area contributed by atoms with Gasteiger partial charge in [0.2, 0.25) is 5.91 Å². The molecule has 0 aliphatic carbocycles. The fraction of sp³-hybridized carbons (Fsp3) is 0.611. The summed E-state index contributed by atoms with van der Waals surface area (Å²) >= 11 is 0. The number of ether oxygens (including phenoxy) is 1. The largest absolute Gasteiger partial charge is 0.494 e. The van der Waals surface area contributed by atoms with Gasteiger partial charge in [0.25, 0.3) is 0 Å². The minimum atomic E-state index is 0.00593. The number of hydrogen-bond donors (Lipinski definition) is 1. The lowest BCUT2D eigenvalue weighted by Gasteiger charge is -2.42. The SMILES string of the molecule is Cc1cccc(OCCCC(=O)N2CCC(N)C(C)(C)C2)c1. The van der Waals surface area contributed by atoms with Gasteiger partial charge in [-0.05, 0) is 42.9 Å². The first-order valence-electron chi connectivity index (χ1n) is 8.11. The van der Waals surface area contributed by atoms with Crippen LogP contribution in [0, 0.1) is 12.3 Å². The van der Waals surface area contributed by atoms with Crippen molar-refractivity contribution in [3.63, 3.8) is 0 Å². The highest BCUT2D eigenvalue weighted by molar-refractivity contribution is 5.76. The van der Waals surface area contributed by atoms with E-state index >= 15 is 0 Å². The first kappa shape index (κ1) is 16.8. The van der Waals surface area contributed by atoms with Crippen molar-refractivity contribution in [2.75, 3.05) is 19.7 Å². The lowest BCUT2D eigenvalue weighted by atomic mass is 9.79. The third-order valence-corrected chi connectivity index (χ3v) is 4.46. The third-order valence-electron chi connectivity index (χ3n) is 4.46. The Kier molecular flexibility index (Phi) is 5.46. The maximum absolute atomic E-state index is 12.3. The highest BCUT2D eigenvalue weighted by atomic mass is 16.5. The monoisotopic (exact) mass is 304 g/mol. The molecule has 1 saturated heterocycles. The predicted octanol–water partition coefficient (Wildman–Crippen LogP) is 2.74. The second-order valence-electron chi connectivity index (χ2n) is 6.97. The molecular weight excluding hydrogens is 276 g/mol. The molecule has 122 valence electrons. The lowest BCUT2D eigenvalue weighted by Crippen LogP contribution is -2.54. The number of nitrogens with two attached hydrogens (primary N) is 1. The zero-order valence-corrected chi connectivity index (χ0v) is 14.0. The van der Waals surface area contributed by atoms with Gasteiger partial charge < -0.3 is 15.4 Å². The summed E-state index contributed by atoms with van der Waals surface area (Å²) in [7, 11) is 0. The molecule has 1 aliphatic heterocycles. The van der Waals surface area contributed by atoms with Crippen molar-refractivity contribution in [3.05, 3.63) is 29.8 Å². The summed E-state index contributed by atoms with van der Waals surface area (Å²) in [6.07, 6.45) is 2.17. The van der Waals surface area contributed by atoms with Crippen molar-refractivity contribution in [1.29, 1.82) is 0 Å². The highest BCUT2D eigenvalue weighted by Gasteiger charge is 2.34. The average molecular weight is 304 g/mol. The molecule has 1 unspecified atom stereocenters. The Bertz CT molecular complexity index is 514. The number of amides is 1. The van der Waals surface area contributed by atoms with Crippen molar-refractivity contribution < 1.29 is 9.53 Å². The van der Waals surface area contributed by atoms with Crippen molar-refractivity contribution in [2.45, 2.75) is 46.1 Å². The van der Waals surface area contributed by atoms with E-state index in [0.29, 0.717) is 13.0 Å². The van der Waals surface area contributed by atoms with Crippen LogP contribution in [0.3, 0.4) is 0 Å². The molecule has 0 aromatic heterocycles. The summed E-state index contributed by atoms with van der Waals surface area (Å²) in [4.78, 5) is 14.2. The predicted molar refractivity (Wildman–Crippen MR) is 88.9 cm³/mol. The second kappa shape index (κ2) is 7.14. The Labute approximate surface area is 133 Å². The number of benzene rings is 1. The van der Waals surface area contributed by atoms with Gasteiger partial charge in [-0.25, -0.2) is 0 Å². The number of nitrogens with zero attached hydrogens (tertiary/aromatic N) is 1. The number of piperidine rings is 1. The van der Waals surface area contributed by atoms with E-state index in [1.807, 2.05) is 36.1 Å². The summed E-state index contributed by atoms with van der Waals surface area (Å²) in [6, 6.07) is 8.16. The van der Waals surface area contributed by atoms with Crippen LogP contribution >= 0.6 is 0 Å². The molecule has 0 radical (unpaired) electrons. The summed E-state index contributed by atoms with van der Waals surface area (Å²) in [5.74, 6) is 1.09. The smallest absolute Gasteiger partial charge is 0.222 e. The highest BCUT2D eigenvalue weighted by Crippen LogP contribution is 2.28. The minimum Gasteiger partial charge on any atom is -0.494 e. The van der Waals surface area contributed by atoms with Crippen molar-refractivity contribution >= 4 is 5.91 Å². The Morgan fingerprint density at radius 2 is 2.23 bits per heavy atom. The number of carbonyl (C=O) groups excluding carboxylic acids is 1. The summed E-state index contributed by atoms with van der Waals surface area (Å²) in [5, 5.41) is 0. The zero-order chi connectivity index (χ0) is 16.2. The fourth-order valence-corrected chi connectivity index (χ4v) is 2.86. The molecule has 22 heavy (non-hydrogen) atoms. The molecule has 2 N–H and O–H groups in total. The van der Waals surface area contributed by atoms with Gasteiger partial charge in [-0.15, -0.1) is 0 Å². The molecule has 1 atom stereocenters. The van der Waals surface area contributed by atoms with Crippen LogP contribution < -0.4 is 10.5 Å². The van der Waals surface area contributed by atoms with E-state index < -0.39 is 0 Å². The molecule has 4 nitrogen and oxygen atoms in total. The number of rotatable bonds is 5. The summed E-state index contributed by atoms with van der Waals surface area (Å²) < 4.78 is 5.69. The molecule has 4 heteroatoms. The normalized spacial score (nSPS) is 20.7. The van der Waals surface area contributed by atoms with Crippen LogP contribution in [0.15, 0.2) is 24.3 Å². The first-order chi connectivity index (χ1) is 10.4. The molecule has 1 amide bonds. The first-order valence-corrected chi connectivity index (χ1v) is 8.11. The van der Waals surface area contributed by atoms with Gasteiger partial charge in [0.15, 0.2) is 0 Å². The van der Waals surface area contributed by atoms with Crippen LogP contribution in [-0.4, -0.2) is 36.5 Å². The quantitative estimate of drug-likeness (QED) is 0.851. The van der Waals surface area contributed by atoms with Crippen LogP contribution in [0.4, 0.5) is 0 Å². The van der Waals surface area contributed by atoms with Crippen LogP contribution in [0.1, 0.15) is 38.7 Å². The van der Waals surface area contributed by atoms with E-state index in [0.717, 1.165) is 31.7 Å². The van der Waals surface area contributed by atoms with Gasteiger partial charge in [-0.3, -0.25) is 4.79 Å². The molecule has 1 aromatic carbocycles. The van der Waals surface area contributed by atoms with Gasteiger partial charge in [-0.2, -0.15) is 0 Å². The molecule has 2 rings (SSSR count). The van der Waals surface area contributed by atoms with E-state index in [1.54, 1.807) is 0 Å². The standard InChI is InChI=1S/C18H28N2O2/c1-14-6-4-7-15(12-14)22-11-5-8-17(21)20-10-9-16(19)18(2,3)13-20/h4,6-7,12,16H,5,8-11,13,19H2,1-3H3. The van der Waals surface area contributed by atoms with Gasteiger partial charge in [-0.1, -0.05) is 26.0 Å². The number of aryl methyl sites for hydroxylation is 1. The molecule has 1 heterocycles. The molecule has 0 bridgehead atoms. The summed E-state index contributed by atoms with van der Waals surface area (Å²) in [5.41, 5.74) is 7.30. The number of carbonyl (C=O) groups is 1. The Balaban J connectivity index is 1.72. The topological polar surface area (TPSA) is 55.6 Å². The fourth-order valence-electron chi connectivity index (χ4n) is 2.86. The number of likely N-dealkylation sites (tertiary alicyclic amines) is 1. The van der Waals surface area contributed by atoms with Crippen LogP contribution in [0.5, 0.6) is 5.75 Å². The average Bonchev–Trinajstić information content (AvgIpc) is 2.46. The van der Waals surface area contributed by atoms with Crippen LogP contribution in [0.25, 0.3) is 0 Å². The van der Waals surface area contributed by atoms with E-state index in [9.17, 15) is 4.79 Å². The molecule has 1 aromatic rings. The van der Waals surface area contributed by atoms with E-state index in [4.69, 9.17) is 10.5 Å². The zero-order valence-electron chi connectivity index (χ0n) is 14.0. The molecular formula is C18H28N2O2. The van der Waals surface area contributed by atoms with Crippen molar-refractivity contribution in [1.82, 2.24) is 4.90 Å². The third kappa shape index (κ3) is 4.47. The molecule has 0 saturated carbocycles. The Morgan fingerprint density at radius 3 is 2.91 bits per heavy atom. The van der Waals surface area contributed by atoms with E-state index in [-0.39, 0.29) is 17.4 Å². The van der Waals surface area contributed by atoms with Crippen molar-refractivity contribution in [2.24, 2.45) is 11.1 Å². The minimum absolute atomic E-state index is 0.00593. The lowest BCUT2D eigenvalue weighted by molar-refractivity contribution is -0.134. The van der Waals surface area contributed by atoms with Gasteiger partial charge in [0.05, 0.1) is 6.61 Å². The molecule has 1 aliphatic rings. The van der Waals surface area contributed by atoms with Crippen molar-refractivity contribution in [3.8, 4) is 5.75 Å². The summed E-state index contributed by atoms with van der Waals surface area (Å²) in [6.45, 7) is 8.43. The van der Waals surface area contributed by atoms with Gasteiger partial charge >= 0.3 is 0 Å². The van der Waals surface area contributed by atoms with Crippen LogP contribution in [0.2, 0.25) is 0 Å². The second-order valence-corrected chi connectivity index (χ2v) is 6.97. The maximum atomic E-state index is 12.3. The van der Waals surface area contributed by atoms with E-state index in [1.165, 1.54) is 5.56 Å². The van der Waals surface area contributed by atoms with Crippen LogP contribution in [-0.2, 0) is 4.79 Å². The number of hydrogen-bond acceptors (Lipinski definition) is 3. The molecule has 1 fully saturated rings. The molecule has 0 spiro atoms. The van der Waals surface area contributed by atoms with Gasteiger partial charge in [0.1, 0.15) is 5.75 Å². The van der Waals surface area contributed by atoms with Gasteiger partial charge in [0, 0.05) is 25.6 Å². The van der Waals surface area contributed by atoms with E-state index in [2.05, 4.69) is 13.8 Å².